The molecular weight excluding hydrogens is 442 g/mol. The molecule has 0 fully saturated rings. The van der Waals surface area contributed by atoms with Crippen LogP contribution >= 0.6 is 0 Å². The van der Waals surface area contributed by atoms with Crippen LogP contribution in [-0.2, 0) is 28.0 Å². The van der Waals surface area contributed by atoms with Gasteiger partial charge in [-0.05, 0) is 53.3 Å². The molecule has 0 bridgehead atoms. The highest BCUT2D eigenvalue weighted by molar-refractivity contribution is 5.96. The predicted molar refractivity (Wildman–Crippen MR) is 135 cm³/mol. The fourth-order valence-corrected chi connectivity index (χ4v) is 4.84. The van der Waals surface area contributed by atoms with E-state index in [0.29, 0.717) is 24.1 Å². The number of carbonyl (C=O) groups is 2. The van der Waals surface area contributed by atoms with Crippen molar-refractivity contribution in [1.82, 2.24) is 0 Å². The average Bonchev–Trinajstić information content (AvgIpc) is 3.19. The van der Waals surface area contributed by atoms with Gasteiger partial charge in [0.05, 0.1) is 24.7 Å². The van der Waals surface area contributed by atoms with E-state index in [4.69, 9.17) is 9.47 Å². The first-order valence-corrected chi connectivity index (χ1v) is 11.7. The number of rotatable bonds is 9. The first-order chi connectivity index (χ1) is 16.7. The van der Waals surface area contributed by atoms with Crippen LogP contribution in [0.15, 0.2) is 72.8 Å². The van der Waals surface area contributed by atoms with Gasteiger partial charge in [-0.1, -0.05) is 56.3 Å². The summed E-state index contributed by atoms with van der Waals surface area (Å²) in [5, 5.41) is 14.8. The smallest absolute Gasteiger partial charge is 0.338 e. The van der Waals surface area contributed by atoms with Crippen LogP contribution in [0.2, 0.25) is 0 Å². The summed E-state index contributed by atoms with van der Waals surface area (Å²) in [6, 6.07) is 22.6. The van der Waals surface area contributed by atoms with Crippen molar-refractivity contribution in [2.24, 2.45) is 0 Å². The van der Waals surface area contributed by atoms with E-state index < -0.39 is 5.60 Å². The van der Waals surface area contributed by atoms with E-state index in [-0.39, 0.29) is 30.3 Å². The van der Waals surface area contributed by atoms with E-state index in [2.05, 4.69) is 19.2 Å². The molecule has 1 aliphatic heterocycles. The molecule has 3 aromatic rings. The third-order valence-electron chi connectivity index (χ3n) is 6.48. The van der Waals surface area contributed by atoms with Crippen molar-refractivity contribution in [1.29, 1.82) is 0 Å². The van der Waals surface area contributed by atoms with Crippen molar-refractivity contribution in [3.63, 3.8) is 0 Å². The largest absolute Gasteiger partial charge is 0.497 e. The summed E-state index contributed by atoms with van der Waals surface area (Å²) in [6.45, 7) is 4.36. The number of hydrogen-bond acceptors (Lipinski definition) is 5. The van der Waals surface area contributed by atoms with Gasteiger partial charge >= 0.3 is 5.97 Å². The number of hydrogen-bond donors (Lipinski definition) is 2. The molecule has 1 atom stereocenters. The standard InChI is InChI=1S/C29H31NO5/c1-28(2,22-7-5-4-6-8-22)19-29(33,16-20-9-12-24(34-3)13-10-20)17-26(31)30-23-11-14-25-21(15-23)18-35-27(25)32/h4-15,33H,16-19H2,1-3H3,(H,30,31). The number of anilines is 1. The lowest BCUT2D eigenvalue weighted by Gasteiger charge is -2.37. The minimum atomic E-state index is -1.30. The van der Waals surface area contributed by atoms with Crippen LogP contribution < -0.4 is 10.1 Å². The van der Waals surface area contributed by atoms with Crippen molar-refractivity contribution < 1.29 is 24.2 Å². The Labute approximate surface area is 205 Å². The summed E-state index contributed by atoms with van der Waals surface area (Å²) >= 11 is 0. The van der Waals surface area contributed by atoms with E-state index in [0.717, 1.165) is 22.4 Å². The van der Waals surface area contributed by atoms with E-state index in [1.54, 1.807) is 25.3 Å². The topological polar surface area (TPSA) is 84.9 Å². The Hall–Kier alpha value is -3.64. The molecule has 3 aromatic carbocycles. The SMILES string of the molecule is COc1ccc(CC(O)(CC(=O)Nc2ccc3c(c2)COC3=O)CC(C)(C)c2ccccc2)cc1. The second kappa shape index (κ2) is 9.92. The van der Waals surface area contributed by atoms with Crippen LogP contribution in [0.3, 0.4) is 0 Å². The molecule has 182 valence electrons. The van der Waals surface area contributed by atoms with Gasteiger partial charge in [0.15, 0.2) is 0 Å². The number of ether oxygens (including phenoxy) is 2. The van der Waals surface area contributed by atoms with Crippen molar-refractivity contribution in [2.45, 2.75) is 50.7 Å². The molecule has 6 nitrogen and oxygen atoms in total. The lowest BCUT2D eigenvalue weighted by Crippen LogP contribution is -2.41. The number of amides is 1. The Bertz CT molecular complexity index is 1200. The number of nitrogens with one attached hydrogen (secondary N) is 1. The maximum Gasteiger partial charge on any atom is 0.338 e. The van der Waals surface area contributed by atoms with Crippen LogP contribution in [0.5, 0.6) is 5.75 Å². The Morgan fingerprint density at radius 3 is 2.46 bits per heavy atom. The van der Waals surface area contributed by atoms with Gasteiger partial charge in [0.2, 0.25) is 5.91 Å². The number of carbonyl (C=O) groups excluding carboxylic acids is 2. The summed E-state index contributed by atoms with van der Waals surface area (Å²) in [4.78, 5) is 24.8. The van der Waals surface area contributed by atoms with Gasteiger partial charge in [-0.15, -0.1) is 0 Å². The van der Waals surface area contributed by atoms with Gasteiger partial charge in [-0.3, -0.25) is 4.79 Å². The number of aliphatic hydroxyl groups is 1. The van der Waals surface area contributed by atoms with Gasteiger partial charge in [0.25, 0.3) is 0 Å². The molecule has 1 aliphatic rings. The maximum absolute atomic E-state index is 13.1. The molecule has 0 saturated carbocycles. The molecule has 1 unspecified atom stereocenters. The lowest BCUT2D eigenvalue weighted by molar-refractivity contribution is -0.121. The molecule has 2 N–H and O–H groups in total. The van der Waals surface area contributed by atoms with E-state index >= 15 is 0 Å². The Morgan fingerprint density at radius 2 is 1.77 bits per heavy atom. The molecule has 1 heterocycles. The van der Waals surface area contributed by atoms with Crippen molar-refractivity contribution >= 4 is 17.6 Å². The third-order valence-corrected chi connectivity index (χ3v) is 6.48. The monoisotopic (exact) mass is 473 g/mol. The van der Waals surface area contributed by atoms with Gasteiger partial charge in [0.1, 0.15) is 12.4 Å². The zero-order valence-electron chi connectivity index (χ0n) is 20.3. The van der Waals surface area contributed by atoms with Crippen LogP contribution in [0, 0.1) is 0 Å². The molecule has 4 rings (SSSR count). The maximum atomic E-state index is 13.1. The predicted octanol–water partition coefficient (Wildman–Crippen LogP) is 5.04. The number of esters is 1. The van der Waals surface area contributed by atoms with Crippen LogP contribution in [0.4, 0.5) is 5.69 Å². The van der Waals surface area contributed by atoms with E-state index in [1.165, 1.54) is 0 Å². The third kappa shape index (κ3) is 5.89. The zero-order valence-corrected chi connectivity index (χ0v) is 20.3. The molecule has 0 aromatic heterocycles. The molecule has 0 aliphatic carbocycles. The molecule has 0 saturated heterocycles. The second-order valence-corrected chi connectivity index (χ2v) is 9.85. The molecule has 35 heavy (non-hydrogen) atoms. The highest BCUT2D eigenvalue weighted by atomic mass is 16.5. The summed E-state index contributed by atoms with van der Waals surface area (Å²) in [6.07, 6.45) is 0.616. The molecule has 6 heteroatoms. The van der Waals surface area contributed by atoms with Crippen LogP contribution in [0.1, 0.15) is 53.7 Å². The van der Waals surface area contributed by atoms with E-state index in [9.17, 15) is 14.7 Å². The Balaban J connectivity index is 1.55. The fraction of sp³-hybridized carbons (Fsp3) is 0.310. The normalized spacial score (nSPS) is 14.6. The van der Waals surface area contributed by atoms with Gasteiger partial charge in [0, 0.05) is 17.7 Å². The number of fused-ring (bicyclic) bond motifs is 1. The summed E-state index contributed by atoms with van der Waals surface area (Å²) in [5.74, 6) is 0.0867. The van der Waals surface area contributed by atoms with Gasteiger partial charge < -0.3 is 19.9 Å². The van der Waals surface area contributed by atoms with Crippen LogP contribution in [-0.4, -0.2) is 29.7 Å². The van der Waals surface area contributed by atoms with Gasteiger partial charge in [-0.2, -0.15) is 0 Å². The number of methoxy groups -OCH3 is 1. The molecular formula is C29H31NO5. The van der Waals surface area contributed by atoms with Crippen LogP contribution in [0.25, 0.3) is 0 Å². The minimum Gasteiger partial charge on any atom is -0.497 e. The van der Waals surface area contributed by atoms with Crippen molar-refractivity contribution in [3.05, 3.63) is 95.1 Å². The highest BCUT2D eigenvalue weighted by Gasteiger charge is 2.37. The van der Waals surface area contributed by atoms with E-state index in [1.807, 2.05) is 54.6 Å². The summed E-state index contributed by atoms with van der Waals surface area (Å²) in [7, 11) is 1.61. The lowest BCUT2D eigenvalue weighted by atomic mass is 9.72. The highest BCUT2D eigenvalue weighted by Crippen LogP contribution is 2.36. The first-order valence-electron chi connectivity index (χ1n) is 11.7. The Morgan fingerprint density at radius 1 is 1.06 bits per heavy atom. The van der Waals surface area contributed by atoms with Crippen molar-refractivity contribution in [2.75, 3.05) is 12.4 Å². The number of cyclic esters (lactones) is 1. The summed E-state index contributed by atoms with van der Waals surface area (Å²) < 4.78 is 10.3. The zero-order chi connectivity index (χ0) is 25.1. The number of benzene rings is 3. The average molecular weight is 474 g/mol. The Kier molecular flexibility index (Phi) is 6.94. The molecule has 0 radical (unpaired) electrons. The minimum absolute atomic E-state index is 0.0815. The molecule has 0 spiro atoms. The molecule has 1 amide bonds. The van der Waals surface area contributed by atoms with Gasteiger partial charge in [-0.25, -0.2) is 4.79 Å². The second-order valence-electron chi connectivity index (χ2n) is 9.85. The quantitative estimate of drug-likeness (QED) is 0.426. The first kappa shape index (κ1) is 24.5. The fourth-order valence-electron chi connectivity index (χ4n) is 4.84. The summed E-state index contributed by atoms with van der Waals surface area (Å²) in [5.41, 5.74) is 2.17. The van der Waals surface area contributed by atoms with Crippen molar-refractivity contribution in [3.8, 4) is 5.75 Å².